The van der Waals surface area contributed by atoms with Crippen molar-refractivity contribution in [1.29, 1.82) is 0 Å². The second-order valence-electron chi connectivity index (χ2n) is 7.12. The van der Waals surface area contributed by atoms with E-state index in [1.165, 1.54) is 63.5 Å². The summed E-state index contributed by atoms with van der Waals surface area (Å²) in [7, 11) is 0. The van der Waals surface area contributed by atoms with Crippen LogP contribution in [0.4, 0.5) is 8.78 Å². The van der Waals surface area contributed by atoms with Crippen LogP contribution in [0.2, 0.25) is 0 Å². The smallest absolute Gasteiger partial charge is 0.159 e. The molecule has 0 nitrogen and oxygen atoms in total. The molecule has 2 aliphatic carbocycles. The average molecular weight is 292 g/mol. The van der Waals surface area contributed by atoms with Crippen molar-refractivity contribution in [1.82, 2.24) is 0 Å². The number of rotatable bonds is 4. The van der Waals surface area contributed by atoms with E-state index < -0.39 is 11.6 Å². The van der Waals surface area contributed by atoms with Crippen LogP contribution in [-0.2, 0) is 0 Å². The fourth-order valence-electron chi connectivity index (χ4n) is 4.32. The van der Waals surface area contributed by atoms with Gasteiger partial charge in [0.15, 0.2) is 11.6 Å². The van der Waals surface area contributed by atoms with Gasteiger partial charge in [-0.1, -0.05) is 44.6 Å². The summed E-state index contributed by atoms with van der Waals surface area (Å²) in [4.78, 5) is 0. The van der Waals surface area contributed by atoms with Crippen molar-refractivity contribution < 1.29 is 8.78 Å². The van der Waals surface area contributed by atoms with E-state index in [1.807, 2.05) is 0 Å². The molecule has 0 saturated heterocycles. The molecule has 0 amide bonds. The van der Waals surface area contributed by atoms with Crippen LogP contribution >= 0.6 is 0 Å². The first-order valence-corrected chi connectivity index (χ1v) is 8.67. The molecular weight excluding hydrogens is 266 g/mol. The molecule has 1 aromatic carbocycles. The van der Waals surface area contributed by atoms with Gasteiger partial charge in [0.25, 0.3) is 0 Å². The lowest BCUT2D eigenvalue weighted by molar-refractivity contribution is 0.287. The highest BCUT2D eigenvalue weighted by atomic mass is 19.2. The molecule has 1 aromatic rings. The minimum atomic E-state index is -0.732. The van der Waals surface area contributed by atoms with Crippen molar-refractivity contribution in [3.8, 4) is 0 Å². The fraction of sp³-hybridized carbons (Fsp3) is 0.684. The van der Waals surface area contributed by atoms with E-state index in [9.17, 15) is 8.78 Å². The van der Waals surface area contributed by atoms with Gasteiger partial charge in [0.2, 0.25) is 0 Å². The van der Waals surface area contributed by atoms with Crippen LogP contribution in [0.25, 0.3) is 0 Å². The lowest BCUT2D eigenvalue weighted by Crippen LogP contribution is -2.14. The first-order valence-electron chi connectivity index (χ1n) is 8.67. The molecule has 0 bridgehead atoms. The van der Waals surface area contributed by atoms with E-state index in [1.54, 1.807) is 6.07 Å². The Morgan fingerprint density at radius 3 is 2.00 bits per heavy atom. The second kappa shape index (κ2) is 6.89. The first kappa shape index (κ1) is 15.0. The Morgan fingerprint density at radius 1 is 0.762 bits per heavy atom. The second-order valence-corrected chi connectivity index (χ2v) is 7.12. The molecule has 0 atom stereocenters. The Kier molecular flexibility index (Phi) is 4.92. The van der Waals surface area contributed by atoms with Crippen LogP contribution in [0.5, 0.6) is 0 Å². The zero-order valence-electron chi connectivity index (χ0n) is 12.8. The maximum Gasteiger partial charge on any atom is 0.159 e. The zero-order chi connectivity index (χ0) is 14.7. The molecule has 0 aliphatic heterocycles. The zero-order valence-corrected chi connectivity index (χ0v) is 12.8. The van der Waals surface area contributed by atoms with Crippen LogP contribution in [0.15, 0.2) is 18.2 Å². The van der Waals surface area contributed by atoms with Gasteiger partial charge in [-0.15, -0.1) is 0 Å². The molecule has 0 unspecified atom stereocenters. The summed E-state index contributed by atoms with van der Waals surface area (Å²) in [6, 6.07) is 4.44. The minimum Gasteiger partial charge on any atom is -0.204 e. The summed E-state index contributed by atoms with van der Waals surface area (Å²) in [6.07, 6.45) is 13.4. The van der Waals surface area contributed by atoms with E-state index in [2.05, 4.69) is 0 Å². The molecule has 2 heteroatoms. The van der Waals surface area contributed by atoms with E-state index in [0.717, 1.165) is 30.2 Å². The minimum absolute atomic E-state index is 0.433. The van der Waals surface area contributed by atoms with Gasteiger partial charge in [-0.3, -0.25) is 0 Å². The maximum absolute atomic E-state index is 13.3. The number of hydrogen-bond donors (Lipinski definition) is 0. The summed E-state index contributed by atoms with van der Waals surface area (Å²) in [5, 5.41) is 0. The van der Waals surface area contributed by atoms with Gasteiger partial charge in [-0.05, 0) is 61.1 Å². The summed E-state index contributed by atoms with van der Waals surface area (Å²) in [6.45, 7) is 0. The lowest BCUT2D eigenvalue weighted by atomic mass is 9.76. The Morgan fingerprint density at radius 2 is 1.38 bits per heavy atom. The molecule has 0 aromatic heterocycles. The Labute approximate surface area is 126 Å². The third-order valence-electron chi connectivity index (χ3n) is 5.72. The fourth-order valence-corrected chi connectivity index (χ4v) is 4.32. The molecular formula is C19H26F2. The first-order chi connectivity index (χ1) is 10.2. The van der Waals surface area contributed by atoms with Gasteiger partial charge >= 0.3 is 0 Å². The summed E-state index contributed by atoms with van der Waals surface area (Å²) >= 11 is 0. The van der Waals surface area contributed by atoms with E-state index in [4.69, 9.17) is 0 Å². The molecule has 116 valence electrons. The van der Waals surface area contributed by atoms with Crippen LogP contribution < -0.4 is 0 Å². The Bertz CT molecular complexity index is 455. The summed E-state index contributed by atoms with van der Waals surface area (Å²) in [5.41, 5.74) is 0.989. The van der Waals surface area contributed by atoms with Crippen molar-refractivity contribution in [3.63, 3.8) is 0 Å². The molecule has 3 rings (SSSR count). The third kappa shape index (κ3) is 3.84. The van der Waals surface area contributed by atoms with Crippen LogP contribution in [-0.4, -0.2) is 0 Å². The van der Waals surface area contributed by atoms with Crippen molar-refractivity contribution in [2.24, 2.45) is 11.8 Å². The van der Waals surface area contributed by atoms with Gasteiger partial charge in [0, 0.05) is 0 Å². The van der Waals surface area contributed by atoms with Gasteiger partial charge in [-0.2, -0.15) is 0 Å². The largest absolute Gasteiger partial charge is 0.204 e. The maximum atomic E-state index is 13.3. The summed E-state index contributed by atoms with van der Waals surface area (Å²) in [5.74, 6) is 0.865. The highest BCUT2D eigenvalue weighted by Gasteiger charge is 2.24. The lowest BCUT2D eigenvalue weighted by Gasteiger charge is -2.29. The number of benzene rings is 1. The SMILES string of the molecule is Fc1ccc(C2CCC(CCC3CCCC3)CC2)cc1F. The number of halogens is 2. The molecule has 0 N–H and O–H groups in total. The van der Waals surface area contributed by atoms with Gasteiger partial charge < -0.3 is 0 Å². The number of hydrogen-bond acceptors (Lipinski definition) is 0. The van der Waals surface area contributed by atoms with E-state index >= 15 is 0 Å². The van der Waals surface area contributed by atoms with Gasteiger partial charge in [-0.25, -0.2) is 8.78 Å². The van der Waals surface area contributed by atoms with Gasteiger partial charge in [0.05, 0.1) is 0 Å². The highest BCUT2D eigenvalue weighted by molar-refractivity contribution is 5.22. The standard InChI is InChI=1S/C19H26F2/c20-18-12-11-17(13-19(18)21)16-9-7-15(8-10-16)6-5-14-3-1-2-4-14/h11-16H,1-10H2. The van der Waals surface area contributed by atoms with Gasteiger partial charge in [0.1, 0.15) is 0 Å². The van der Waals surface area contributed by atoms with Crippen molar-refractivity contribution in [2.45, 2.75) is 70.1 Å². The highest BCUT2D eigenvalue weighted by Crippen LogP contribution is 2.39. The monoisotopic (exact) mass is 292 g/mol. The Hall–Kier alpha value is -0.920. The predicted octanol–water partition coefficient (Wildman–Crippen LogP) is 6.21. The molecule has 0 spiro atoms. The van der Waals surface area contributed by atoms with Crippen LogP contribution in [0, 0.1) is 23.5 Å². The molecule has 2 aliphatic rings. The van der Waals surface area contributed by atoms with Crippen LogP contribution in [0.3, 0.4) is 0 Å². The third-order valence-corrected chi connectivity index (χ3v) is 5.72. The predicted molar refractivity (Wildman–Crippen MR) is 82.2 cm³/mol. The van der Waals surface area contributed by atoms with Crippen molar-refractivity contribution in [2.75, 3.05) is 0 Å². The quantitative estimate of drug-likeness (QED) is 0.619. The van der Waals surface area contributed by atoms with Crippen molar-refractivity contribution in [3.05, 3.63) is 35.4 Å². The summed E-state index contributed by atoms with van der Waals surface area (Å²) < 4.78 is 26.3. The molecule has 0 heterocycles. The van der Waals surface area contributed by atoms with Crippen molar-refractivity contribution >= 4 is 0 Å². The van der Waals surface area contributed by atoms with E-state index in [-0.39, 0.29) is 0 Å². The molecule has 21 heavy (non-hydrogen) atoms. The van der Waals surface area contributed by atoms with Crippen LogP contribution in [0.1, 0.15) is 75.7 Å². The molecule has 0 radical (unpaired) electrons. The molecule has 2 fully saturated rings. The Balaban J connectivity index is 1.46. The average Bonchev–Trinajstić information content (AvgIpc) is 3.02. The topological polar surface area (TPSA) is 0 Å². The molecule has 2 saturated carbocycles. The van der Waals surface area contributed by atoms with E-state index in [0.29, 0.717) is 5.92 Å². The normalized spacial score (nSPS) is 27.1.